The smallest absolute Gasteiger partial charge is 0.415 e. The highest BCUT2D eigenvalue weighted by molar-refractivity contribution is 14.3. The zero-order valence-corrected chi connectivity index (χ0v) is 12.2. The van der Waals surface area contributed by atoms with E-state index in [4.69, 9.17) is 5.11 Å². The molecule has 76 valence electrons. The van der Waals surface area contributed by atoms with Crippen LogP contribution in [0.1, 0.15) is 0 Å². The van der Waals surface area contributed by atoms with Crippen LogP contribution in [0.4, 0.5) is 13.2 Å². The third kappa shape index (κ3) is 5.59. The molecule has 0 bridgehead atoms. The molecule has 0 aliphatic rings. The Hall–Kier alpha value is 1.19. The predicted octanol–water partition coefficient (Wildman–Crippen LogP) is 3.52. The zero-order chi connectivity index (χ0) is 10.9. The van der Waals surface area contributed by atoms with Crippen LogP contribution in [0, 0.1) is 0 Å². The Morgan fingerprint density at radius 1 is 1.23 bits per heavy atom. The number of carboxylic acid groups (broad SMARTS) is 1. The molecular weight excluding hydrogens is 530 g/mol. The summed E-state index contributed by atoms with van der Waals surface area (Å²) in [5.74, 6) is -1.60. The molecule has 8 heteroatoms. The fraction of sp³-hybridized carbons (Fsp3) is 0.400. The molecule has 0 aromatic rings. The first-order valence-corrected chi connectivity index (χ1v) is 5.88. The van der Waals surface area contributed by atoms with Crippen molar-refractivity contribution >= 4 is 73.7 Å². The Labute approximate surface area is 113 Å². The van der Waals surface area contributed by atoms with Gasteiger partial charge in [0.15, 0.2) is -0.565 Å². The number of hydrogen-bond donors (Lipinski definition) is 1. The monoisotopic (exact) mass is 532 g/mol. The highest BCUT2D eigenvalue weighted by atomic mass is 127. The first-order chi connectivity index (χ1) is 5.55. The summed E-state index contributed by atoms with van der Waals surface area (Å²) in [6.07, 6.45) is -4.42. The van der Waals surface area contributed by atoms with Crippen molar-refractivity contribution in [2.75, 3.05) is 0 Å². The summed E-state index contributed by atoms with van der Waals surface area (Å²) in [5, 5.41) is 8.22. The van der Waals surface area contributed by atoms with Crippen molar-refractivity contribution < 1.29 is 23.1 Å². The molecule has 0 spiro atoms. The standard InChI is InChI=1S/C5H2F3I3O2/c6-4(7,8)2(1-3(12)13)5(9,10)11/h1H,(H,12,13)/b2-1+. The molecule has 0 aliphatic heterocycles. The SMILES string of the molecule is O=C(O)/C=C(\C(F)(F)F)C(I)(I)I. The highest BCUT2D eigenvalue weighted by Gasteiger charge is 2.44. The normalized spacial score (nSPS) is 14.5. The third-order valence-corrected chi connectivity index (χ3v) is 2.62. The lowest BCUT2D eigenvalue weighted by Gasteiger charge is -2.19. The van der Waals surface area contributed by atoms with E-state index in [1.807, 2.05) is 0 Å². The van der Waals surface area contributed by atoms with Gasteiger partial charge < -0.3 is 5.11 Å². The van der Waals surface area contributed by atoms with Gasteiger partial charge in [-0.2, -0.15) is 13.2 Å². The fourth-order valence-corrected chi connectivity index (χ4v) is 1.83. The van der Waals surface area contributed by atoms with E-state index >= 15 is 0 Å². The first kappa shape index (κ1) is 14.2. The van der Waals surface area contributed by atoms with Crippen molar-refractivity contribution in [3.8, 4) is 0 Å². The van der Waals surface area contributed by atoms with E-state index in [0.717, 1.165) is 0 Å². The van der Waals surface area contributed by atoms with E-state index in [1.54, 1.807) is 0 Å². The molecule has 0 aromatic carbocycles. The van der Waals surface area contributed by atoms with Crippen LogP contribution in [-0.2, 0) is 4.79 Å². The lowest BCUT2D eigenvalue weighted by molar-refractivity contribution is -0.132. The summed E-state index contributed by atoms with van der Waals surface area (Å²) in [6.45, 7) is 0. The average molecular weight is 532 g/mol. The molecule has 0 amide bonds. The van der Waals surface area contributed by atoms with E-state index in [0.29, 0.717) is 0 Å². The van der Waals surface area contributed by atoms with Gasteiger partial charge in [-0.05, 0) is 67.8 Å². The lowest BCUT2D eigenvalue weighted by Crippen LogP contribution is -2.23. The number of halogens is 6. The molecule has 0 heterocycles. The maximum atomic E-state index is 12.2. The van der Waals surface area contributed by atoms with Gasteiger partial charge in [-0.15, -0.1) is 0 Å². The van der Waals surface area contributed by atoms with Crippen LogP contribution in [0.3, 0.4) is 0 Å². The number of carboxylic acids is 1. The van der Waals surface area contributed by atoms with Gasteiger partial charge in [0.05, 0.1) is 5.57 Å². The van der Waals surface area contributed by atoms with Gasteiger partial charge in [0.25, 0.3) is 0 Å². The minimum absolute atomic E-state index is 0.186. The van der Waals surface area contributed by atoms with Gasteiger partial charge in [0.1, 0.15) is 0 Å². The summed E-state index contributed by atoms with van der Waals surface area (Å²) >= 11 is 4.56. The topological polar surface area (TPSA) is 37.3 Å². The maximum Gasteiger partial charge on any atom is 0.415 e. The minimum atomic E-state index is -4.61. The summed E-state index contributed by atoms with van der Waals surface area (Å²) < 4.78 is 35.4. The number of alkyl halides is 6. The zero-order valence-electron chi connectivity index (χ0n) is 5.70. The maximum absolute atomic E-state index is 12.2. The van der Waals surface area contributed by atoms with E-state index in [1.165, 1.54) is 67.8 Å². The summed E-state index contributed by atoms with van der Waals surface area (Å²) in [4.78, 5) is 10.1. The number of allylic oxidation sites excluding steroid dienone is 1. The Morgan fingerprint density at radius 2 is 1.62 bits per heavy atom. The Morgan fingerprint density at radius 3 is 1.69 bits per heavy atom. The van der Waals surface area contributed by atoms with Crippen LogP contribution in [-0.4, -0.2) is 16.7 Å². The van der Waals surface area contributed by atoms with Crippen LogP contribution < -0.4 is 0 Å². The van der Waals surface area contributed by atoms with Crippen molar-refractivity contribution in [1.29, 1.82) is 0 Å². The van der Waals surface area contributed by atoms with Gasteiger partial charge in [-0.3, -0.25) is 0 Å². The lowest BCUT2D eigenvalue weighted by atomic mass is 10.3. The van der Waals surface area contributed by atoms with Crippen molar-refractivity contribution in [3.63, 3.8) is 0 Å². The molecule has 0 unspecified atom stereocenters. The highest BCUT2D eigenvalue weighted by Crippen LogP contribution is 2.49. The second kappa shape index (κ2) is 4.81. The first-order valence-electron chi connectivity index (χ1n) is 2.64. The Bertz CT molecular complexity index is 224. The van der Waals surface area contributed by atoms with E-state index in [9.17, 15) is 18.0 Å². The molecular formula is C5H2F3I3O2. The fourth-order valence-electron chi connectivity index (χ4n) is 0.448. The van der Waals surface area contributed by atoms with Gasteiger partial charge in [0.2, 0.25) is 0 Å². The van der Waals surface area contributed by atoms with Crippen LogP contribution in [0.25, 0.3) is 0 Å². The number of carbonyl (C=O) groups is 1. The van der Waals surface area contributed by atoms with Crippen LogP contribution >= 0.6 is 67.8 Å². The van der Waals surface area contributed by atoms with Crippen molar-refractivity contribution in [2.24, 2.45) is 0 Å². The minimum Gasteiger partial charge on any atom is -0.478 e. The van der Waals surface area contributed by atoms with Crippen molar-refractivity contribution in [3.05, 3.63) is 11.6 Å². The molecule has 0 fully saturated rings. The summed E-state index contributed by atoms with van der Waals surface area (Å²) in [6, 6.07) is 0. The Kier molecular flexibility index (Phi) is 5.25. The molecule has 2 nitrogen and oxygen atoms in total. The molecule has 0 radical (unpaired) electrons. The van der Waals surface area contributed by atoms with Gasteiger partial charge in [0, 0.05) is 6.08 Å². The summed E-state index contributed by atoms with van der Waals surface area (Å²) in [7, 11) is 0. The van der Waals surface area contributed by atoms with E-state index in [2.05, 4.69) is 0 Å². The van der Waals surface area contributed by atoms with Gasteiger partial charge in [-0.1, -0.05) is 0 Å². The second-order valence-electron chi connectivity index (χ2n) is 1.89. The van der Waals surface area contributed by atoms with E-state index in [-0.39, 0.29) is 6.08 Å². The van der Waals surface area contributed by atoms with E-state index < -0.39 is 17.2 Å². The molecule has 0 aromatic heterocycles. The number of rotatable bonds is 2. The quantitative estimate of drug-likeness (QED) is 0.336. The molecule has 0 rings (SSSR count). The molecule has 0 aliphatic carbocycles. The molecule has 13 heavy (non-hydrogen) atoms. The largest absolute Gasteiger partial charge is 0.478 e. The number of aliphatic carboxylic acids is 1. The van der Waals surface area contributed by atoms with Gasteiger partial charge in [-0.25, -0.2) is 4.79 Å². The molecule has 0 atom stereocenters. The summed E-state index contributed by atoms with van der Waals surface area (Å²) in [5.41, 5.74) is -1.07. The predicted molar refractivity (Wildman–Crippen MR) is 66.6 cm³/mol. The molecule has 0 saturated heterocycles. The second-order valence-corrected chi connectivity index (χ2v) is 12.9. The van der Waals surface area contributed by atoms with Crippen LogP contribution in [0.5, 0.6) is 0 Å². The van der Waals surface area contributed by atoms with Crippen LogP contribution in [0.15, 0.2) is 11.6 Å². The molecule has 1 N–H and O–H groups in total. The van der Waals surface area contributed by atoms with Crippen molar-refractivity contribution in [2.45, 2.75) is 5.61 Å². The Balaban J connectivity index is 5.13. The van der Waals surface area contributed by atoms with Crippen molar-refractivity contribution in [1.82, 2.24) is 0 Å². The molecule has 0 saturated carbocycles. The van der Waals surface area contributed by atoms with Gasteiger partial charge >= 0.3 is 12.1 Å². The third-order valence-electron chi connectivity index (χ3n) is 0.879. The van der Waals surface area contributed by atoms with Crippen LogP contribution in [0.2, 0.25) is 0 Å². The number of hydrogen-bond acceptors (Lipinski definition) is 1. The average Bonchev–Trinajstić information content (AvgIpc) is 1.77.